The van der Waals surface area contributed by atoms with E-state index in [0.29, 0.717) is 6.42 Å². The molecule has 0 aromatic heterocycles. The highest BCUT2D eigenvalue weighted by atomic mass is 16.5. The SMILES string of the molecule is C=CCCCCCC[C@@H](NC(=O)C1CCCCC1)C(=O)OC. The van der Waals surface area contributed by atoms with Crippen LogP contribution in [0, 0.1) is 5.92 Å². The van der Waals surface area contributed by atoms with Gasteiger partial charge in [-0.05, 0) is 32.1 Å². The van der Waals surface area contributed by atoms with Gasteiger partial charge in [-0.15, -0.1) is 6.58 Å². The summed E-state index contributed by atoms with van der Waals surface area (Å²) in [6.45, 7) is 3.71. The number of esters is 1. The summed E-state index contributed by atoms with van der Waals surface area (Å²) in [7, 11) is 1.38. The zero-order valence-electron chi connectivity index (χ0n) is 13.9. The van der Waals surface area contributed by atoms with Crippen LogP contribution < -0.4 is 5.32 Å². The molecule has 1 atom stereocenters. The average Bonchev–Trinajstić information content (AvgIpc) is 2.56. The molecule has 4 nitrogen and oxygen atoms in total. The fourth-order valence-electron chi connectivity index (χ4n) is 3.04. The largest absolute Gasteiger partial charge is 0.467 e. The normalized spacial score (nSPS) is 16.8. The number of unbranched alkanes of at least 4 members (excludes halogenated alkanes) is 4. The molecular formula is C18H31NO3. The van der Waals surface area contributed by atoms with Crippen molar-refractivity contribution >= 4 is 11.9 Å². The van der Waals surface area contributed by atoms with Crippen LogP contribution >= 0.6 is 0 Å². The summed E-state index contributed by atoms with van der Waals surface area (Å²) in [6.07, 6.45) is 13.3. The molecule has 0 aliphatic heterocycles. The number of methoxy groups -OCH3 is 1. The van der Waals surface area contributed by atoms with E-state index in [1.807, 2.05) is 6.08 Å². The van der Waals surface area contributed by atoms with E-state index in [-0.39, 0.29) is 17.8 Å². The number of allylic oxidation sites excluding steroid dienone is 1. The van der Waals surface area contributed by atoms with Crippen LogP contribution in [0.5, 0.6) is 0 Å². The summed E-state index contributed by atoms with van der Waals surface area (Å²) >= 11 is 0. The van der Waals surface area contributed by atoms with E-state index in [4.69, 9.17) is 4.74 Å². The zero-order chi connectivity index (χ0) is 16.2. The van der Waals surface area contributed by atoms with Crippen molar-refractivity contribution in [2.24, 2.45) is 5.92 Å². The van der Waals surface area contributed by atoms with Crippen molar-refractivity contribution in [2.45, 2.75) is 76.7 Å². The van der Waals surface area contributed by atoms with Gasteiger partial charge in [0, 0.05) is 5.92 Å². The van der Waals surface area contributed by atoms with Crippen LogP contribution in [0.25, 0.3) is 0 Å². The molecule has 0 aromatic rings. The molecule has 1 N–H and O–H groups in total. The number of amides is 1. The van der Waals surface area contributed by atoms with Crippen LogP contribution in [0.3, 0.4) is 0 Å². The molecule has 0 heterocycles. The van der Waals surface area contributed by atoms with E-state index in [0.717, 1.165) is 57.8 Å². The number of hydrogen-bond donors (Lipinski definition) is 1. The summed E-state index contributed by atoms with van der Waals surface area (Å²) < 4.78 is 4.83. The lowest BCUT2D eigenvalue weighted by molar-refractivity contribution is -0.146. The molecule has 4 heteroatoms. The maximum absolute atomic E-state index is 12.3. The lowest BCUT2D eigenvalue weighted by Gasteiger charge is -2.23. The first-order valence-corrected chi connectivity index (χ1v) is 8.68. The quantitative estimate of drug-likeness (QED) is 0.380. The van der Waals surface area contributed by atoms with Crippen molar-refractivity contribution in [2.75, 3.05) is 7.11 Å². The fourth-order valence-corrected chi connectivity index (χ4v) is 3.04. The molecule has 0 aromatic carbocycles. The Morgan fingerprint density at radius 3 is 2.50 bits per heavy atom. The standard InChI is InChI=1S/C18H31NO3/c1-3-4-5-6-7-11-14-16(18(21)22-2)19-17(20)15-12-9-8-10-13-15/h3,15-16H,1,4-14H2,2H3,(H,19,20)/t16-/m1/s1. The van der Waals surface area contributed by atoms with Gasteiger partial charge in [0.2, 0.25) is 5.91 Å². The number of nitrogens with one attached hydrogen (secondary N) is 1. The molecule has 0 saturated heterocycles. The molecule has 1 aliphatic rings. The molecule has 0 spiro atoms. The lowest BCUT2D eigenvalue weighted by Crippen LogP contribution is -2.44. The van der Waals surface area contributed by atoms with Crippen LogP contribution in [0.2, 0.25) is 0 Å². The molecule has 0 bridgehead atoms. The molecule has 1 saturated carbocycles. The Morgan fingerprint density at radius 1 is 1.18 bits per heavy atom. The van der Waals surface area contributed by atoms with Crippen LogP contribution in [0.4, 0.5) is 0 Å². The van der Waals surface area contributed by atoms with Crippen molar-refractivity contribution in [3.05, 3.63) is 12.7 Å². The molecule has 126 valence electrons. The molecule has 0 radical (unpaired) electrons. The minimum absolute atomic E-state index is 0.0294. The highest BCUT2D eigenvalue weighted by Gasteiger charge is 2.26. The first kappa shape index (κ1) is 18.7. The summed E-state index contributed by atoms with van der Waals surface area (Å²) in [5.41, 5.74) is 0. The Morgan fingerprint density at radius 2 is 1.86 bits per heavy atom. The van der Waals surface area contributed by atoms with E-state index in [1.54, 1.807) is 0 Å². The second-order valence-corrected chi connectivity index (χ2v) is 6.20. The number of ether oxygens (including phenoxy) is 1. The van der Waals surface area contributed by atoms with Crippen LogP contribution in [-0.4, -0.2) is 25.0 Å². The Balaban J connectivity index is 2.34. The Labute approximate surface area is 134 Å². The minimum atomic E-state index is -0.487. The summed E-state index contributed by atoms with van der Waals surface area (Å²) in [4.78, 5) is 24.1. The Hall–Kier alpha value is -1.32. The third kappa shape index (κ3) is 7.10. The lowest BCUT2D eigenvalue weighted by atomic mass is 9.88. The minimum Gasteiger partial charge on any atom is -0.467 e. The van der Waals surface area contributed by atoms with Gasteiger partial charge in [-0.25, -0.2) is 4.79 Å². The summed E-state index contributed by atoms with van der Waals surface area (Å²) in [5, 5.41) is 2.91. The van der Waals surface area contributed by atoms with Gasteiger partial charge in [-0.1, -0.05) is 44.6 Å². The van der Waals surface area contributed by atoms with E-state index >= 15 is 0 Å². The third-order valence-corrected chi connectivity index (χ3v) is 4.43. The highest BCUT2D eigenvalue weighted by molar-refractivity contribution is 5.85. The van der Waals surface area contributed by atoms with Gasteiger partial charge in [-0.2, -0.15) is 0 Å². The highest BCUT2D eigenvalue weighted by Crippen LogP contribution is 2.24. The van der Waals surface area contributed by atoms with E-state index in [1.165, 1.54) is 13.5 Å². The smallest absolute Gasteiger partial charge is 0.328 e. The fraction of sp³-hybridized carbons (Fsp3) is 0.778. The van der Waals surface area contributed by atoms with Crippen LogP contribution in [0.1, 0.15) is 70.6 Å². The van der Waals surface area contributed by atoms with Crippen LogP contribution in [-0.2, 0) is 14.3 Å². The van der Waals surface area contributed by atoms with Crippen molar-refractivity contribution in [1.29, 1.82) is 0 Å². The van der Waals surface area contributed by atoms with Crippen molar-refractivity contribution in [3.63, 3.8) is 0 Å². The maximum atomic E-state index is 12.3. The topological polar surface area (TPSA) is 55.4 Å². The second kappa shape index (κ2) is 11.3. The number of rotatable bonds is 10. The van der Waals surface area contributed by atoms with Gasteiger partial charge >= 0.3 is 5.97 Å². The van der Waals surface area contributed by atoms with E-state index in [9.17, 15) is 9.59 Å². The van der Waals surface area contributed by atoms with Gasteiger partial charge in [0.25, 0.3) is 0 Å². The number of hydrogen-bond acceptors (Lipinski definition) is 3. The third-order valence-electron chi connectivity index (χ3n) is 4.43. The molecular weight excluding hydrogens is 278 g/mol. The molecule has 1 amide bonds. The average molecular weight is 309 g/mol. The molecule has 0 unspecified atom stereocenters. The number of carbonyl (C=O) groups excluding carboxylic acids is 2. The molecule has 22 heavy (non-hydrogen) atoms. The molecule has 1 aliphatic carbocycles. The van der Waals surface area contributed by atoms with Gasteiger partial charge in [0.15, 0.2) is 0 Å². The Kier molecular flexibility index (Phi) is 9.60. The van der Waals surface area contributed by atoms with Gasteiger partial charge in [0.05, 0.1) is 7.11 Å². The first-order valence-electron chi connectivity index (χ1n) is 8.68. The van der Waals surface area contributed by atoms with Gasteiger partial charge in [0.1, 0.15) is 6.04 Å². The Bertz CT molecular complexity index is 348. The molecule has 1 rings (SSSR count). The summed E-state index contributed by atoms with van der Waals surface area (Å²) in [6, 6.07) is -0.487. The predicted octanol–water partition coefficient (Wildman–Crippen LogP) is 3.75. The van der Waals surface area contributed by atoms with Crippen LogP contribution in [0.15, 0.2) is 12.7 Å². The predicted molar refractivity (Wildman–Crippen MR) is 88.4 cm³/mol. The van der Waals surface area contributed by atoms with E-state index < -0.39 is 6.04 Å². The van der Waals surface area contributed by atoms with Gasteiger partial charge in [-0.3, -0.25) is 4.79 Å². The monoisotopic (exact) mass is 309 g/mol. The molecule has 1 fully saturated rings. The van der Waals surface area contributed by atoms with E-state index in [2.05, 4.69) is 11.9 Å². The number of carbonyl (C=O) groups is 2. The second-order valence-electron chi connectivity index (χ2n) is 6.20. The van der Waals surface area contributed by atoms with Gasteiger partial charge < -0.3 is 10.1 Å². The summed E-state index contributed by atoms with van der Waals surface area (Å²) in [5.74, 6) is -0.217. The zero-order valence-corrected chi connectivity index (χ0v) is 13.9. The van der Waals surface area contributed by atoms with Crippen molar-refractivity contribution in [3.8, 4) is 0 Å². The van der Waals surface area contributed by atoms with Crippen molar-refractivity contribution in [1.82, 2.24) is 5.32 Å². The maximum Gasteiger partial charge on any atom is 0.328 e. The van der Waals surface area contributed by atoms with Crippen molar-refractivity contribution < 1.29 is 14.3 Å². The first-order chi connectivity index (χ1) is 10.7.